The molecule has 0 atom stereocenters. The van der Waals surface area contributed by atoms with Gasteiger partial charge in [-0.05, 0) is 6.07 Å². The van der Waals surface area contributed by atoms with E-state index in [1.165, 1.54) is 20.3 Å². The van der Waals surface area contributed by atoms with Gasteiger partial charge in [-0.15, -0.1) is 0 Å². The molecular formula is C14H17N3O6. The smallest absolute Gasteiger partial charge is 0.420 e. The van der Waals surface area contributed by atoms with E-state index in [4.69, 9.17) is 9.84 Å². The van der Waals surface area contributed by atoms with E-state index in [0.717, 1.165) is 16.1 Å². The van der Waals surface area contributed by atoms with Crippen molar-refractivity contribution in [1.82, 2.24) is 9.88 Å². The summed E-state index contributed by atoms with van der Waals surface area (Å²) in [5, 5.41) is 8.69. The van der Waals surface area contributed by atoms with Crippen LogP contribution in [0, 0.1) is 0 Å². The van der Waals surface area contributed by atoms with Crippen LogP contribution in [0.1, 0.15) is 5.56 Å². The second kappa shape index (κ2) is 8.37. The molecule has 2 amide bonds. The summed E-state index contributed by atoms with van der Waals surface area (Å²) < 4.78 is 9.65. The lowest BCUT2D eigenvalue weighted by molar-refractivity contribution is -0.145. The van der Waals surface area contributed by atoms with E-state index >= 15 is 0 Å². The summed E-state index contributed by atoms with van der Waals surface area (Å²) in [7, 11) is 2.69. The number of amides is 2. The largest absolute Gasteiger partial charge is 0.465 e. The van der Waals surface area contributed by atoms with Crippen LogP contribution in [0.2, 0.25) is 0 Å². The second-order valence-corrected chi connectivity index (χ2v) is 4.39. The third-order valence-corrected chi connectivity index (χ3v) is 2.72. The van der Waals surface area contributed by atoms with Crippen molar-refractivity contribution in [3.8, 4) is 0 Å². The molecule has 0 aliphatic rings. The number of likely N-dealkylation sites (N-methyl/N-ethyl adjacent to an activating group) is 1. The van der Waals surface area contributed by atoms with Gasteiger partial charge in [0.2, 0.25) is 0 Å². The van der Waals surface area contributed by atoms with Gasteiger partial charge in [0.15, 0.2) is 0 Å². The van der Waals surface area contributed by atoms with Crippen molar-refractivity contribution in [3.63, 3.8) is 0 Å². The number of rotatable bonds is 6. The number of carbonyl (C=O) groups excluding carboxylic acids is 2. The standard InChI is InChI=1S/C14H17N3O6/c1-4-22-14(21)17(3)12-10(6-5-7-15-12)9-23-11(18)8-16(2)13(19)20/h4-7H,1,8-9H2,2-3H3,(H,19,20). The maximum Gasteiger partial charge on any atom is 0.420 e. The van der Waals surface area contributed by atoms with Crippen LogP contribution >= 0.6 is 0 Å². The summed E-state index contributed by atoms with van der Waals surface area (Å²) in [5.41, 5.74) is 0.461. The van der Waals surface area contributed by atoms with E-state index in [9.17, 15) is 14.4 Å². The second-order valence-electron chi connectivity index (χ2n) is 4.39. The van der Waals surface area contributed by atoms with Crippen LogP contribution in [-0.2, 0) is 20.9 Å². The number of carboxylic acid groups (broad SMARTS) is 1. The van der Waals surface area contributed by atoms with E-state index in [-0.39, 0.29) is 12.4 Å². The summed E-state index contributed by atoms with van der Waals surface area (Å²) in [6.45, 7) is 2.72. The third kappa shape index (κ3) is 5.30. The van der Waals surface area contributed by atoms with E-state index in [2.05, 4.69) is 16.3 Å². The van der Waals surface area contributed by atoms with Crippen molar-refractivity contribution in [2.75, 3.05) is 25.5 Å². The number of hydrogen-bond acceptors (Lipinski definition) is 6. The number of esters is 1. The first-order chi connectivity index (χ1) is 10.9. The van der Waals surface area contributed by atoms with Gasteiger partial charge in [-0.2, -0.15) is 0 Å². The highest BCUT2D eigenvalue weighted by molar-refractivity contribution is 5.87. The highest BCUT2D eigenvalue weighted by Gasteiger charge is 2.18. The van der Waals surface area contributed by atoms with Crippen LogP contribution in [0.3, 0.4) is 0 Å². The highest BCUT2D eigenvalue weighted by Crippen LogP contribution is 2.17. The number of aromatic nitrogens is 1. The minimum absolute atomic E-state index is 0.166. The lowest BCUT2D eigenvalue weighted by atomic mass is 10.2. The summed E-state index contributed by atoms with van der Waals surface area (Å²) in [6, 6.07) is 3.23. The van der Waals surface area contributed by atoms with Gasteiger partial charge in [0.25, 0.3) is 0 Å². The Morgan fingerprint density at radius 1 is 1.39 bits per heavy atom. The Kier molecular flexibility index (Phi) is 6.53. The van der Waals surface area contributed by atoms with Gasteiger partial charge in [0.1, 0.15) is 19.0 Å². The van der Waals surface area contributed by atoms with Gasteiger partial charge in [0.05, 0.1) is 6.26 Å². The van der Waals surface area contributed by atoms with Crippen LogP contribution in [0.4, 0.5) is 15.4 Å². The summed E-state index contributed by atoms with van der Waals surface area (Å²) in [5.74, 6) is -0.472. The zero-order chi connectivity index (χ0) is 17.4. The zero-order valence-electron chi connectivity index (χ0n) is 12.8. The molecule has 0 bridgehead atoms. The van der Waals surface area contributed by atoms with E-state index in [1.807, 2.05) is 0 Å². The number of carbonyl (C=O) groups is 3. The topological polar surface area (TPSA) is 109 Å². The maximum absolute atomic E-state index is 11.7. The molecule has 0 spiro atoms. The Balaban J connectivity index is 2.74. The molecule has 0 saturated heterocycles. The Bertz CT molecular complexity index is 604. The Hall–Kier alpha value is -3.10. The first-order valence-electron chi connectivity index (χ1n) is 6.45. The number of anilines is 1. The minimum Gasteiger partial charge on any atom is -0.465 e. The monoisotopic (exact) mass is 323 g/mol. The predicted octanol–water partition coefficient (Wildman–Crippen LogP) is 1.45. The molecule has 1 aromatic rings. The summed E-state index contributed by atoms with van der Waals surface area (Å²) in [4.78, 5) is 39.8. The fourth-order valence-corrected chi connectivity index (χ4v) is 1.55. The van der Waals surface area contributed by atoms with Crippen molar-refractivity contribution < 1.29 is 29.0 Å². The molecule has 0 aromatic carbocycles. The summed E-state index contributed by atoms with van der Waals surface area (Å²) in [6.07, 6.45) is 0.521. The SMILES string of the molecule is C=COC(=O)N(C)c1ncccc1COC(=O)CN(C)C(=O)O. The average molecular weight is 323 g/mol. The van der Waals surface area contributed by atoms with Crippen molar-refractivity contribution in [3.05, 3.63) is 36.7 Å². The van der Waals surface area contributed by atoms with Gasteiger partial charge in [-0.25, -0.2) is 14.6 Å². The highest BCUT2D eigenvalue weighted by atomic mass is 16.5. The lowest BCUT2D eigenvalue weighted by Gasteiger charge is -2.18. The molecule has 1 heterocycles. The molecule has 9 heteroatoms. The Morgan fingerprint density at radius 3 is 2.70 bits per heavy atom. The van der Waals surface area contributed by atoms with Crippen LogP contribution in [0.15, 0.2) is 31.2 Å². The summed E-state index contributed by atoms with van der Waals surface area (Å²) >= 11 is 0. The van der Waals surface area contributed by atoms with Crippen LogP contribution in [-0.4, -0.2) is 53.8 Å². The molecule has 0 aliphatic heterocycles. The lowest BCUT2D eigenvalue weighted by Crippen LogP contribution is -2.32. The number of ether oxygens (including phenoxy) is 2. The van der Waals surface area contributed by atoms with Crippen LogP contribution < -0.4 is 4.90 Å². The van der Waals surface area contributed by atoms with Gasteiger partial charge in [0, 0.05) is 25.9 Å². The first kappa shape index (κ1) is 18.0. The van der Waals surface area contributed by atoms with Crippen molar-refractivity contribution in [2.45, 2.75) is 6.61 Å². The van der Waals surface area contributed by atoms with E-state index in [1.54, 1.807) is 12.1 Å². The molecule has 9 nitrogen and oxygen atoms in total. The van der Waals surface area contributed by atoms with Crippen LogP contribution in [0.5, 0.6) is 0 Å². The molecule has 0 fully saturated rings. The zero-order valence-corrected chi connectivity index (χ0v) is 12.8. The Labute approximate surface area is 132 Å². The average Bonchev–Trinajstić information content (AvgIpc) is 2.52. The van der Waals surface area contributed by atoms with Crippen molar-refractivity contribution >= 4 is 24.0 Å². The van der Waals surface area contributed by atoms with Crippen LogP contribution in [0.25, 0.3) is 0 Å². The fraction of sp³-hybridized carbons (Fsp3) is 0.286. The first-order valence-corrected chi connectivity index (χ1v) is 6.45. The number of hydrogen-bond donors (Lipinski definition) is 1. The van der Waals surface area contributed by atoms with Gasteiger partial charge >= 0.3 is 18.2 Å². The Morgan fingerprint density at radius 2 is 2.09 bits per heavy atom. The molecule has 0 aliphatic carbocycles. The fourth-order valence-electron chi connectivity index (χ4n) is 1.55. The minimum atomic E-state index is -1.24. The maximum atomic E-state index is 11.7. The van der Waals surface area contributed by atoms with Crippen molar-refractivity contribution in [1.29, 1.82) is 0 Å². The molecule has 1 N–H and O–H groups in total. The molecular weight excluding hydrogens is 306 g/mol. The molecule has 124 valence electrons. The molecule has 0 saturated carbocycles. The van der Waals surface area contributed by atoms with Gasteiger partial charge < -0.3 is 19.5 Å². The molecule has 0 radical (unpaired) electrons. The quantitative estimate of drug-likeness (QED) is 0.623. The van der Waals surface area contributed by atoms with E-state index < -0.39 is 24.7 Å². The number of pyridine rings is 1. The van der Waals surface area contributed by atoms with Gasteiger partial charge in [-0.1, -0.05) is 12.6 Å². The molecule has 1 rings (SSSR count). The number of nitrogens with zero attached hydrogens (tertiary/aromatic N) is 3. The van der Waals surface area contributed by atoms with E-state index in [0.29, 0.717) is 5.56 Å². The van der Waals surface area contributed by atoms with Gasteiger partial charge in [-0.3, -0.25) is 9.69 Å². The predicted molar refractivity (Wildman–Crippen MR) is 79.8 cm³/mol. The third-order valence-electron chi connectivity index (χ3n) is 2.72. The molecule has 23 heavy (non-hydrogen) atoms. The normalized spacial score (nSPS) is 9.65. The molecule has 1 aromatic heterocycles. The van der Waals surface area contributed by atoms with Crippen molar-refractivity contribution in [2.24, 2.45) is 0 Å². The molecule has 0 unspecified atom stereocenters.